The topological polar surface area (TPSA) is 39.2 Å². The Balaban J connectivity index is 2.37. The van der Waals surface area contributed by atoms with Crippen LogP contribution in [0.2, 0.25) is 0 Å². The van der Waals surface area contributed by atoms with Crippen LogP contribution in [0.1, 0.15) is 16.1 Å². The van der Waals surface area contributed by atoms with Crippen molar-refractivity contribution in [2.45, 2.75) is 6.92 Å². The average Bonchev–Trinajstić information content (AvgIpc) is 2.38. The number of aromatic nitrogens is 1. The van der Waals surface area contributed by atoms with Gasteiger partial charge in [0.1, 0.15) is 11.5 Å². The number of nitrogens with zero attached hydrogens (tertiary/aromatic N) is 1. The molecule has 0 fully saturated rings. The lowest BCUT2D eigenvalue weighted by molar-refractivity contribution is 0.0594. The first-order valence-corrected chi connectivity index (χ1v) is 5.42. The second-order valence-electron chi connectivity index (χ2n) is 3.91. The minimum absolute atomic E-state index is 0.203. The molecule has 92 valence electrons. The number of pyridine rings is 1. The maximum absolute atomic E-state index is 13.7. The molecule has 0 saturated heterocycles. The van der Waals surface area contributed by atoms with Crippen molar-refractivity contribution in [2.75, 3.05) is 7.11 Å². The number of carbonyl (C=O) groups is 1. The largest absolute Gasteiger partial charge is 0.464 e. The van der Waals surface area contributed by atoms with Gasteiger partial charge in [-0.3, -0.25) is 0 Å². The Morgan fingerprint density at radius 1 is 1.28 bits per heavy atom. The van der Waals surface area contributed by atoms with Gasteiger partial charge in [0.25, 0.3) is 0 Å². The molecule has 0 spiro atoms. The maximum Gasteiger partial charge on any atom is 0.356 e. The van der Waals surface area contributed by atoms with Gasteiger partial charge in [-0.25, -0.2) is 14.2 Å². The molecule has 1 aromatic heterocycles. The Labute approximate surface area is 104 Å². The van der Waals surface area contributed by atoms with Gasteiger partial charge in [-0.15, -0.1) is 0 Å². The molecule has 18 heavy (non-hydrogen) atoms. The van der Waals surface area contributed by atoms with Crippen LogP contribution in [0.4, 0.5) is 4.39 Å². The molecule has 0 bridgehead atoms. The minimum Gasteiger partial charge on any atom is -0.464 e. The molecule has 0 aliphatic rings. The third-order valence-electron chi connectivity index (χ3n) is 2.59. The number of ether oxygens (including phenoxy) is 1. The first kappa shape index (κ1) is 12.2. The molecule has 0 unspecified atom stereocenters. The predicted octanol–water partition coefficient (Wildman–Crippen LogP) is 2.98. The fraction of sp³-hybridized carbons (Fsp3) is 0.143. The van der Waals surface area contributed by atoms with E-state index in [0.29, 0.717) is 11.1 Å². The number of halogens is 1. The fourth-order valence-electron chi connectivity index (χ4n) is 1.63. The number of benzene rings is 1. The van der Waals surface area contributed by atoms with Crippen molar-refractivity contribution >= 4 is 5.97 Å². The zero-order chi connectivity index (χ0) is 13.1. The van der Waals surface area contributed by atoms with Crippen molar-refractivity contribution < 1.29 is 13.9 Å². The Morgan fingerprint density at radius 3 is 2.61 bits per heavy atom. The summed E-state index contributed by atoms with van der Waals surface area (Å²) in [4.78, 5) is 15.2. The van der Waals surface area contributed by atoms with E-state index >= 15 is 0 Å². The first-order valence-electron chi connectivity index (χ1n) is 5.42. The molecule has 4 heteroatoms. The molecule has 0 atom stereocenters. The van der Waals surface area contributed by atoms with Crippen LogP contribution in [0, 0.1) is 12.7 Å². The Bertz CT molecular complexity index is 579. The Hall–Kier alpha value is -2.23. The van der Waals surface area contributed by atoms with Gasteiger partial charge >= 0.3 is 5.97 Å². The molecule has 2 aromatic rings. The van der Waals surface area contributed by atoms with Crippen molar-refractivity contribution in [3.05, 3.63) is 53.6 Å². The Morgan fingerprint density at radius 2 is 2.06 bits per heavy atom. The van der Waals surface area contributed by atoms with Crippen molar-refractivity contribution in [1.82, 2.24) is 4.98 Å². The highest BCUT2D eigenvalue weighted by Crippen LogP contribution is 2.23. The van der Waals surface area contributed by atoms with Crippen LogP contribution < -0.4 is 0 Å². The van der Waals surface area contributed by atoms with E-state index < -0.39 is 5.97 Å². The van der Waals surface area contributed by atoms with E-state index in [4.69, 9.17) is 0 Å². The quantitative estimate of drug-likeness (QED) is 0.763. The van der Waals surface area contributed by atoms with Crippen molar-refractivity contribution in [3.8, 4) is 11.1 Å². The monoisotopic (exact) mass is 245 g/mol. The molecule has 0 aliphatic carbocycles. The standard InChI is InChI=1S/C14H12FNO2/c1-9-3-5-11(12(15)7-9)10-4-6-13(16-8-10)14(17)18-2/h3-8H,1-2H3. The van der Waals surface area contributed by atoms with Crippen LogP contribution in [0.5, 0.6) is 0 Å². The molecular weight excluding hydrogens is 233 g/mol. The van der Waals surface area contributed by atoms with Crippen molar-refractivity contribution in [3.63, 3.8) is 0 Å². The zero-order valence-electron chi connectivity index (χ0n) is 10.1. The number of methoxy groups -OCH3 is 1. The zero-order valence-corrected chi connectivity index (χ0v) is 10.1. The van der Waals surface area contributed by atoms with E-state index in [0.717, 1.165) is 5.56 Å². The first-order chi connectivity index (χ1) is 8.61. The van der Waals surface area contributed by atoms with Gasteiger partial charge < -0.3 is 4.74 Å². The lowest BCUT2D eigenvalue weighted by atomic mass is 10.1. The molecule has 1 heterocycles. The third kappa shape index (κ3) is 2.37. The molecule has 0 aliphatic heterocycles. The highest BCUT2D eigenvalue weighted by atomic mass is 19.1. The number of hydrogen-bond donors (Lipinski definition) is 0. The molecule has 3 nitrogen and oxygen atoms in total. The summed E-state index contributed by atoms with van der Waals surface area (Å²) in [5.41, 5.74) is 2.15. The highest BCUT2D eigenvalue weighted by molar-refractivity contribution is 5.87. The van der Waals surface area contributed by atoms with E-state index in [1.54, 1.807) is 12.1 Å². The number of aryl methyl sites for hydroxylation is 1. The molecule has 0 radical (unpaired) electrons. The highest BCUT2D eigenvalue weighted by Gasteiger charge is 2.09. The summed E-state index contributed by atoms with van der Waals surface area (Å²) in [6.07, 6.45) is 1.46. The van der Waals surface area contributed by atoms with Gasteiger partial charge in [0.2, 0.25) is 0 Å². The second-order valence-corrected chi connectivity index (χ2v) is 3.91. The van der Waals surface area contributed by atoms with Crippen LogP contribution in [-0.4, -0.2) is 18.1 Å². The van der Waals surface area contributed by atoms with Gasteiger partial charge in [0.05, 0.1) is 7.11 Å². The van der Waals surface area contributed by atoms with E-state index in [-0.39, 0.29) is 11.5 Å². The van der Waals surface area contributed by atoms with Crippen LogP contribution in [0.15, 0.2) is 36.5 Å². The lowest BCUT2D eigenvalue weighted by Gasteiger charge is -2.05. The summed E-state index contributed by atoms with van der Waals surface area (Å²) in [6, 6.07) is 8.14. The normalized spacial score (nSPS) is 10.2. The van der Waals surface area contributed by atoms with Crippen LogP contribution >= 0.6 is 0 Å². The molecule has 0 saturated carbocycles. The SMILES string of the molecule is COC(=O)c1ccc(-c2ccc(C)cc2F)cn1. The summed E-state index contributed by atoms with van der Waals surface area (Å²) in [5.74, 6) is -0.812. The molecular formula is C14H12FNO2. The third-order valence-corrected chi connectivity index (χ3v) is 2.59. The number of rotatable bonds is 2. The van der Waals surface area contributed by atoms with Gasteiger partial charge in [-0.1, -0.05) is 18.2 Å². The van der Waals surface area contributed by atoms with E-state index in [2.05, 4.69) is 9.72 Å². The number of hydrogen-bond acceptors (Lipinski definition) is 3. The van der Waals surface area contributed by atoms with Crippen LogP contribution in [0.3, 0.4) is 0 Å². The van der Waals surface area contributed by atoms with Gasteiger partial charge in [-0.2, -0.15) is 0 Å². The summed E-state index contributed by atoms with van der Waals surface area (Å²) in [6.45, 7) is 1.82. The molecule has 1 aromatic carbocycles. The fourth-order valence-corrected chi connectivity index (χ4v) is 1.63. The van der Waals surface area contributed by atoms with Crippen LogP contribution in [-0.2, 0) is 4.74 Å². The van der Waals surface area contributed by atoms with E-state index in [9.17, 15) is 9.18 Å². The minimum atomic E-state index is -0.508. The number of carbonyl (C=O) groups excluding carboxylic acids is 1. The van der Waals surface area contributed by atoms with Crippen LogP contribution in [0.25, 0.3) is 11.1 Å². The summed E-state index contributed by atoms with van der Waals surface area (Å²) < 4.78 is 18.3. The van der Waals surface area contributed by atoms with Gasteiger partial charge in [0.15, 0.2) is 0 Å². The van der Waals surface area contributed by atoms with Crippen molar-refractivity contribution in [2.24, 2.45) is 0 Å². The summed E-state index contributed by atoms with van der Waals surface area (Å²) >= 11 is 0. The van der Waals surface area contributed by atoms with Gasteiger partial charge in [-0.05, 0) is 24.6 Å². The van der Waals surface area contributed by atoms with Crippen molar-refractivity contribution in [1.29, 1.82) is 0 Å². The Kier molecular flexibility index (Phi) is 3.37. The molecule has 0 N–H and O–H groups in total. The van der Waals surface area contributed by atoms with E-state index in [1.165, 1.54) is 25.4 Å². The predicted molar refractivity (Wildman–Crippen MR) is 65.7 cm³/mol. The maximum atomic E-state index is 13.7. The lowest BCUT2D eigenvalue weighted by Crippen LogP contribution is -2.03. The summed E-state index contributed by atoms with van der Waals surface area (Å²) in [5, 5.41) is 0. The average molecular weight is 245 g/mol. The number of esters is 1. The second kappa shape index (κ2) is 4.96. The summed E-state index contributed by atoms with van der Waals surface area (Å²) in [7, 11) is 1.29. The van der Waals surface area contributed by atoms with E-state index in [1.807, 2.05) is 13.0 Å². The molecule has 0 amide bonds. The molecule has 2 rings (SSSR count). The van der Waals surface area contributed by atoms with Gasteiger partial charge in [0, 0.05) is 17.3 Å². The smallest absolute Gasteiger partial charge is 0.356 e.